The van der Waals surface area contributed by atoms with Gasteiger partial charge in [-0.25, -0.2) is 9.50 Å². The zero-order valence-corrected chi connectivity index (χ0v) is 19.8. The van der Waals surface area contributed by atoms with Crippen LogP contribution in [-0.2, 0) is 0 Å². The summed E-state index contributed by atoms with van der Waals surface area (Å²) in [6.45, 7) is 0. The van der Waals surface area contributed by atoms with E-state index in [2.05, 4.69) is 97.1 Å². The first-order chi connectivity index (χ1) is 18.3. The molecule has 0 bridgehead atoms. The Kier molecular flexibility index (Phi) is 4.19. The molecule has 0 aliphatic rings. The van der Waals surface area contributed by atoms with Crippen LogP contribution in [-0.4, -0.2) is 19.6 Å². The number of rotatable bonds is 2. The number of nitrogens with zero attached hydrogens (tertiary/aromatic N) is 4. The predicted molar refractivity (Wildman–Crippen MR) is 152 cm³/mol. The fourth-order valence-electron chi connectivity index (χ4n) is 5.45. The molecular weight excluding hydrogens is 452 g/mol. The molecule has 37 heavy (non-hydrogen) atoms. The van der Waals surface area contributed by atoms with Crippen molar-refractivity contribution in [3.8, 4) is 22.5 Å². The summed E-state index contributed by atoms with van der Waals surface area (Å²) in [4.78, 5) is 9.96. The molecule has 0 N–H and O–H groups in total. The summed E-state index contributed by atoms with van der Waals surface area (Å²) in [5.41, 5.74) is 8.02. The molecule has 0 unspecified atom stereocenters. The molecule has 4 nitrogen and oxygen atoms in total. The van der Waals surface area contributed by atoms with Crippen LogP contribution in [0.3, 0.4) is 0 Å². The maximum Gasteiger partial charge on any atom is 0.0973 e. The van der Waals surface area contributed by atoms with Gasteiger partial charge in [-0.2, -0.15) is 5.10 Å². The molecule has 172 valence electrons. The van der Waals surface area contributed by atoms with Crippen LogP contribution in [0, 0.1) is 0 Å². The molecule has 0 amide bonds. The Morgan fingerprint density at radius 1 is 0.568 bits per heavy atom. The van der Waals surface area contributed by atoms with Crippen LogP contribution < -0.4 is 0 Å². The normalized spacial score (nSPS) is 11.8. The minimum Gasteiger partial charge on any atom is -0.254 e. The first-order valence-corrected chi connectivity index (χ1v) is 12.4. The lowest BCUT2D eigenvalue weighted by Crippen LogP contribution is -1.96. The van der Waals surface area contributed by atoms with Gasteiger partial charge in [-0.15, -0.1) is 0 Å². The molecule has 0 radical (unpaired) electrons. The highest BCUT2D eigenvalue weighted by Crippen LogP contribution is 2.35. The Labute approximate surface area is 212 Å². The van der Waals surface area contributed by atoms with Crippen molar-refractivity contribution in [2.75, 3.05) is 0 Å². The van der Waals surface area contributed by atoms with E-state index in [1.54, 1.807) is 0 Å². The number of hydrogen-bond acceptors (Lipinski definition) is 3. The van der Waals surface area contributed by atoms with Gasteiger partial charge in [0.1, 0.15) is 0 Å². The van der Waals surface area contributed by atoms with Crippen molar-refractivity contribution in [2.24, 2.45) is 0 Å². The molecule has 0 aliphatic carbocycles. The molecule has 0 atom stereocenters. The minimum atomic E-state index is 0.872. The quantitative estimate of drug-likeness (QED) is 0.239. The Bertz CT molecular complexity index is 2160. The Morgan fingerprint density at radius 2 is 1.41 bits per heavy atom. The molecule has 0 saturated heterocycles. The van der Waals surface area contributed by atoms with E-state index in [4.69, 9.17) is 15.1 Å². The summed E-state index contributed by atoms with van der Waals surface area (Å²) < 4.78 is 2.00. The van der Waals surface area contributed by atoms with Crippen LogP contribution in [0.5, 0.6) is 0 Å². The van der Waals surface area contributed by atoms with E-state index in [-0.39, 0.29) is 0 Å². The van der Waals surface area contributed by atoms with E-state index in [0.717, 1.165) is 55.2 Å². The molecule has 0 saturated carbocycles. The first-order valence-electron chi connectivity index (χ1n) is 12.4. The smallest absolute Gasteiger partial charge is 0.0973 e. The highest BCUT2D eigenvalue weighted by Gasteiger charge is 2.14. The Hall–Kier alpha value is -5.09. The highest BCUT2D eigenvalue weighted by molar-refractivity contribution is 6.11. The standard InChI is InChI=1S/C33H20N4/c1-2-8-22-19-23(15-14-21(22)7-1)27-20-24-16-17-29(35-32(24)33-25(27)10-6-18-34-33)31-13-5-12-30-26-9-3-4-11-28(26)36-37(30)31/h1-20H. The van der Waals surface area contributed by atoms with E-state index in [1.807, 2.05) is 28.9 Å². The summed E-state index contributed by atoms with van der Waals surface area (Å²) in [6, 6.07) is 40.2. The van der Waals surface area contributed by atoms with Gasteiger partial charge in [0.15, 0.2) is 0 Å². The number of pyridine rings is 3. The molecule has 0 aliphatic heterocycles. The molecule has 0 spiro atoms. The molecule has 8 rings (SSSR count). The van der Waals surface area contributed by atoms with Gasteiger partial charge in [0.05, 0.1) is 33.5 Å². The maximum absolute atomic E-state index is 5.16. The average molecular weight is 473 g/mol. The molecule has 0 fully saturated rings. The Morgan fingerprint density at radius 3 is 2.38 bits per heavy atom. The highest BCUT2D eigenvalue weighted by atomic mass is 15.2. The van der Waals surface area contributed by atoms with E-state index in [1.165, 1.54) is 16.3 Å². The van der Waals surface area contributed by atoms with Crippen molar-refractivity contribution in [1.29, 1.82) is 0 Å². The van der Waals surface area contributed by atoms with Gasteiger partial charge >= 0.3 is 0 Å². The second-order valence-electron chi connectivity index (χ2n) is 9.38. The van der Waals surface area contributed by atoms with Gasteiger partial charge in [0.25, 0.3) is 0 Å². The summed E-state index contributed by atoms with van der Waals surface area (Å²) in [7, 11) is 0. The molecular formula is C33H20N4. The zero-order valence-electron chi connectivity index (χ0n) is 19.8. The maximum atomic E-state index is 5.16. The second kappa shape index (κ2) is 7.70. The summed E-state index contributed by atoms with van der Waals surface area (Å²) >= 11 is 0. The van der Waals surface area contributed by atoms with Gasteiger partial charge in [0.2, 0.25) is 0 Å². The lowest BCUT2D eigenvalue weighted by atomic mass is 9.95. The molecule has 4 heterocycles. The van der Waals surface area contributed by atoms with Crippen LogP contribution >= 0.6 is 0 Å². The third-order valence-corrected chi connectivity index (χ3v) is 7.22. The van der Waals surface area contributed by atoms with Gasteiger partial charge in [-0.1, -0.05) is 72.8 Å². The van der Waals surface area contributed by atoms with Crippen molar-refractivity contribution in [3.05, 3.63) is 121 Å². The second-order valence-corrected chi connectivity index (χ2v) is 9.38. The Balaban J connectivity index is 1.37. The summed E-state index contributed by atoms with van der Waals surface area (Å²) in [6.07, 6.45) is 1.85. The summed E-state index contributed by atoms with van der Waals surface area (Å²) in [5, 5.41) is 10.6. The fourth-order valence-corrected chi connectivity index (χ4v) is 5.45. The van der Waals surface area contributed by atoms with Gasteiger partial charge in [-0.3, -0.25) is 4.98 Å². The van der Waals surface area contributed by atoms with Gasteiger partial charge in [0, 0.05) is 22.4 Å². The van der Waals surface area contributed by atoms with E-state index in [9.17, 15) is 0 Å². The average Bonchev–Trinajstić information content (AvgIpc) is 3.35. The van der Waals surface area contributed by atoms with Crippen molar-refractivity contribution < 1.29 is 0 Å². The third kappa shape index (κ3) is 3.06. The molecule has 4 heteroatoms. The van der Waals surface area contributed by atoms with E-state index < -0.39 is 0 Å². The van der Waals surface area contributed by atoms with Crippen LogP contribution in [0.15, 0.2) is 121 Å². The van der Waals surface area contributed by atoms with Crippen molar-refractivity contribution in [3.63, 3.8) is 0 Å². The van der Waals surface area contributed by atoms with Crippen LogP contribution in [0.2, 0.25) is 0 Å². The molecule has 8 aromatic rings. The predicted octanol–water partition coefficient (Wildman–Crippen LogP) is 8.07. The summed E-state index contributed by atoms with van der Waals surface area (Å²) in [5.74, 6) is 0. The zero-order chi connectivity index (χ0) is 24.3. The number of aromatic nitrogens is 4. The lowest BCUT2D eigenvalue weighted by molar-refractivity contribution is 0.984. The van der Waals surface area contributed by atoms with Crippen molar-refractivity contribution in [1.82, 2.24) is 19.6 Å². The number of fused-ring (bicyclic) bond motifs is 7. The van der Waals surface area contributed by atoms with Gasteiger partial charge in [-0.05, 0) is 64.4 Å². The lowest BCUT2D eigenvalue weighted by Gasteiger charge is -2.12. The largest absolute Gasteiger partial charge is 0.254 e. The fraction of sp³-hybridized carbons (Fsp3) is 0. The van der Waals surface area contributed by atoms with E-state index in [0.29, 0.717) is 0 Å². The van der Waals surface area contributed by atoms with Crippen LogP contribution in [0.4, 0.5) is 0 Å². The van der Waals surface area contributed by atoms with E-state index >= 15 is 0 Å². The third-order valence-electron chi connectivity index (χ3n) is 7.22. The SMILES string of the molecule is c1ccc2cc(-c3cc4ccc(-c5cccc6c7ccccc7nn56)nc4c4ncccc34)ccc2c1. The number of benzene rings is 4. The van der Waals surface area contributed by atoms with Gasteiger partial charge < -0.3 is 0 Å². The molecule has 4 aromatic heterocycles. The van der Waals surface area contributed by atoms with Crippen molar-refractivity contribution >= 4 is 49.0 Å². The number of hydrogen-bond donors (Lipinski definition) is 0. The van der Waals surface area contributed by atoms with Crippen LogP contribution in [0.25, 0.3) is 71.5 Å². The van der Waals surface area contributed by atoms with Crippen LogP contribution in [0.1, 0.15) is 0 Å². The topological polar surface area (TPSA) is 43.1 Å². The molecule has 4 aromatic carbocycles. The monoisotopic (exact) mass is 472 g/mol. The minimum absolute atomic E-state index is 0.872. The van der Waals surface area contributed by atoms with Crippen molar-refractivity contribution in [2.45, 2.75) is 0 Å². The first kappa shape index (κ1) is 20.1.